The number of methoxy groups -OCH3 is 2. The predicted octanol–water partition coefficient (Wildman–Crippen LogP) is 2.97. The Hall–Kier alpha value is -2.69. The fourth-order valence-corrected chi connectivity index (χ4v) is 3.19. The van der Waals surface area contributed by atoms with Crippen molar-refractivity contribution in [3.05, 3.63) is 53.6 Å². The van der Waals surface area contributed by atoms with Crippen LogP contribution in [0.2, 0.25) is 0 Å². The van der Waals surface area contributed by atoms with Gasteiger partial charge in [-0.3, -0.25) is 4.79 Å². The second-order valence-electron chi connectivity index (χ2n) is 6.14. The summed E-state index contributed by atoms with van der Waals surface area (Å²) in [6, 6.07) is 13.9. The molecule has 2 aromatic rings. The molecule has 1 amide bonds. The highest BCUT2D eigenvalue weighted by molar-refractivity contribution is 5.96. The number of carbonyl (C=O) groups is 1. The van der Waals surface area contributed by atoms with Crippen LogP contribution >= 0.6 is 0 Å². The number of benzene rings is 2. The number of hydrogen-bond acceptors (Lipinski definition) is 4. The largest absolute Gasteiger partial charge is 0.493 e. The third kappa shape index (κ3) is 3.55. The number of hydrogen-bond donors (Lipinski definition) is 0. The first kappa shape index (κ1) is 17.1. The van der Waals surface area contributed by atoms with Gasteiger partial charge in [0, 0.05) is 37.4 Å². The lowest BCUT2D eigenvalue weighted by Gasteiger charge is -2.36. The molecule has 0 N–H and O–H groups in total. The molecule has 5 heteroatoms. The van der Waals surface area contributed by atoms with Crippen LogP contribution in [0.25, 0.3) is 0 Å². The molecule has 0 aromatic heterocycles. The molecule has 1 aliphatic rings. The molecule has 1 fully saturated rings. The zero-order chi connectivity index (χ0) is 17.8. The number of para-hydroxylation sites is 1. The second kappa shape index (κ2) is 7.47. The molecule has 0 unspecified atom stereocenters. The highest BCUT2D eigenvalue weighted by Gasteiger charge is 2.24. The minimum atomic E-state index is 0.0474. The van der Waals surface area contributed by atoms with E-state index >= 15 is 0 Å². The van der Waals surface area contributed by atoms with Crippen LogP contribution in [-0.2, 0) is 0 Å². The normalized spacial score (nSPS) is 14.4. The number of nitrogens with zero attached hydrogens (tertiary/aromatic N) is 2. The van der Waals surface area contributed by atoms with Crippen molar-refractivity contribution in [1.82, 2.24) is 4.90 Å². The number of anilines is 1. The number of amides is 1. The molecule has 1 heterocycles. The van der Waals surface area contributed by atoms with Gasteiger partial charge in [-0.2, -0.15) is 0 Å². The molecule has 25 heavy (non-hydrogen) atoms. The third-order valence-electron chi connectivity index (χ3n) is 4.65. The van der Waals surface area contributed by atoms with Gasteiger partial charge in [0.2, 0.25) is 0 Å². The van der Waals surface area contributed by atoms with E-state index in [4.69, 9.17) is 9.47 Å². The van der Waals surface area contributed by atoms with E-state index in [0.29, 0.717) is 30.2 Å². The molecule has 1 aliphatic heterocycles. The minimum Gasteiger partial charge on any atom is -0.493 e. The van der Waals surface area contributed by atoms with Crippen LogP contribution < -0.4 is 14.4 Å². The summed E-state index contributed by atoms with van der Waals surface area (Å²) < 4.78 is 10.6. The maximum absolute atomic E-state index is 12.9. The maximum Gasteiger partial charge on any atom is 0.254 e. The van der Waals surface area contributed by atoms with Gasteiger partial charge in [0.05, 0.1) is 14.2 Å². The number of carbonyl (C=O) groups excluding carboxylic acids is 1. The molecule has 0 bridgehead atoms. The first-order valence-electron chi connectivity index (χ1n) is 8.46. The smallest absolute Gasteiger partial charge is 0.254 e. The summed E-state index contributed by atoms with van der Waals surface area (Å²) in [7, 11) is 3.18. The van der Waals surface area contributed by atoms with Crippen molar-refractivity contribution >= 4 is 11.6 Å². The van der Waals surface area contributed by atoms with E-state index in [9.17, 15) is 4.79 Å². The van der Waals surface area contributed by atoms with Gasteiger partial charge in [0.25, 0.3) is 5.91 Å². The van der Waals surface area contributed by atoms with E-state index in [1.807, 2.05) is 36.1 Å². The minimum absolute atomic E-state index is 0.0474. The Bertz CT molecular complexity index is 738. The van der Waals surface area contributed by atoms with Gasteiger partial charge in [-0.1, -0.05) is 18.2 Å². The summed E-state index contributed by atoms with van der Waals surface area (Å²) in [6.45, 7) is 5.02. The Morgan fingerprint density at radius 2 is 1.52 bits per heavy atom. The van der Waals surface area contributed by atoms with E-state index in [0.717, 1.165) is 18.7 Å². The van der Waals surface area contributed by atoms with Crippen molar-refractivity contribution < 1.29 is 14.3 Å². The van der Waals surface area contributed by atoms with Crippen LogP contribution in [0.5, 0.6) is 11.5 Å². The lowest BCUT2D eigenvalue weighted by atomic mass is 10.1. The lowest BCUT2D eigenvalue weighted by Crippen LogP contribution is -2.48. The SMILES string of the molecule is COc1cc(C)c(C(=O)N2CCN(c3ccccc3)CC2)cc1OC. The van der Waals surface area contributed by atoms with Gasteiger partial charge in [-0.25, -0.2) is 0 Å². The monoisotopic (exact) mass is 340 g/mol. The average molecular weight is 340 g/mol. The van der Waals surface area contributed by atoms with Crippen molar-refractivity contribution in [2.24, 2.45) is 0 Å². The number of ether oxygens (including phenoxy) is 2. The van der Waals surface area contributed by atoms with Gasteiger partial charge in [-0.15, -0.1) is 0 Å². The predicted molar refractivity (Wildman–Crippen MR) is 98.8 cm³/mol. The number of rotatable bonds is 4. The summed E-state index contributed by atoms with van der Waals surface area (Å²) in [5.74, 6) is 1.27. The summed E-state index contributed by atoms with van der Waals surface area (Å²) in [4.78, 5) is 17.2. The molecule has 0 spiro atoms. The van der Waals surface area contributed by atoms with Gasteiger partial charge in [-0.05, 0) is 36.8 Å². The van der Waals surface area contributed by atoms with Crippen LogP contribution in [0.15, 0.2) is 42.5 Å². The molecule has 3 rings (SSSR count). The molecule has 2 aromatic carbocycles. The topological polar surface area (TPSA) is 42.0 Å². The maximum atomic E-state index is 12.9. The molecular weight excluding hydrogens is 316 g/mol. The molecule has 5 nitrogen and oxygen atoms in total. The average Bonchev–Trinajstić information content (AvgIpc) is 2.68. The Kier molecular flexibility index (Phi) is 5.12. The van der Waals surface area contributed by atoms with Gasteiger partial charge >= 0.3 is 0 Å². The molecule has 1 saturated heterocycles. The van der Waals surface area contributed by atoms with E-state index < -0.39 is 0 Å². The number of aryl methyl sites for hydroxylation is 1. The van der Waals surface area contributed by atoms with Crippen molar-refractivity contribution in [1.29, 1.82) is 0 Å². The highest BCUT2D eigenvalue weighted by Crippen LogP contribution is 2.31. The van der Waals surface area contributed by atoms with Crippen LogP contribution in [0, 0.1) is 6.92 Å². The summed E-state index contributed by atoms with van der Waals surface area (Å²) >= 11 is 0. The molecular formula is C20H24N2O3. The van der Waals surface area contributed by atoms with Crippen molar-refractivity contribution in [2.75, 3.05) is 45.3 Å². The van der Waals surface area contributed by atoms with Gasteiger partial charge in [0.1, 0.15) is 0 Å². The summed E-state index contributed by atoms with van der Waals surface area (Å²) in [5.41, 5.74) is 2.77. The van der Waals surface area contributed by atoms with Crippen molar-refractivity contribution in [3.63, 3.8) is 0 Å². The zero-order valence-corrected chi connectivity index (χ0v) is 15.0. The van der Waals surface area contributed by atoms with E-state index in [1.165, 1.54) is 5.69 Å². The second-order valence-corrected chi connectivity index (χ2v) is 6.14. The Morgan fingerprint density at radius 1 is 0.920 bits per heavy atom. The van der Waals surface area contributed by atoms with E-state index in [2.05, 4.69) is 17.0 Å². The quantitative estimate of drug-likeness (QED) is 0.858. The Morgan fingerprint density at radius 3 is 2.12 bits per heavy atom. The van der Waals surface area contributed by atoms with Gasteiger partial charge in [0.15, 0.2) is 11.5 Å². The Labute approximate surface area is 148 Å². The van der Waals surface area contributed by atoms with E-state index in [1.54, 1.807) is 20.3 Å². The third-order valence-corrected chi connectivity index (χ3v) is 4.65. The van der Waals surface area contributed by atoms with E-state index in [-0.39, 0.29) is 5.91 Å². The summed E-state index contributed by atoms with van der Waals surface area (Å²) in [6.07, 6.45) is 0. The van der Waals surface area contributed by atoms with Crippen LogP contribution in [-0.4, -0.2) is 51.2 Å². The zero-order valence-electron chi connectivity index (χ0n) is 15.0. The fourth-order valence-electron chi connectivity index (χ4n) is 3.19. The first-order valence-corrected chi connectivity index (χ1v) is 8.46. The molecule has 0 aliphatic carbocycles. The Balaban J connectivity index is 1.73. The van der Waals surface area contributed by atoms with Crippen LogP contribution in [0.3, 0.4) is 0 Å². The first-order chi connectivity index (χ1) is 12.1. The van der Waals surface area contributed by atoms with Gasteiger partial charge < -0.3 is 19.3 Å². The van der Waals surface area contributed by atoms with Crippen LogP contribution in [0.1, 0.15) is 15.9 Å². The molecule has 0 atom stereocenters. The fraction of sp³-hybridized carbons (Fsp3) is 0.350. The molecule has 0 saturated carbocycles. The summed E-state index contributed by atoms with van der Waals surface area (Å²) in [5, 5.41) is 0. The highest BCUT2D eigenvalue weighted by atomic mass is 16.5. The standard InChI is InChI=1S/C20H24N2O3/c1-15-13-18(24-2)19(25-3)14-17(15)20(23)22-11-9-21(10-12-22)16-7-5-4-6-8-16/h4-8,13-14H,9-12H2,1-3H3. The van der Waals surface area contributed by atoms with Crippen molar-refractivity contribution in [3.8, 4) is 11.5 Å². The van der Waals surface area contributed by atoms with Crippen LogP contribution in [0.4, 0.5) is 5.69 Å². The molecule has 132 valence electrons. The molecule has 0 radical (unpaired) electrons. The number of piperazine rings is 1. The van der Waals surface area contributed by atoms with Crippen molar-refractivity contribution in [2.45, 2.75) is 6.92 Å². The lowest BCUT2D eigenvalue weighted by molar-refractivity contribution is 0.0745.